The van der Waals surface area contributed by atoms with Gasteiger partial charge in [-0.1, -0.05) is 0 Å². The zero-order chi connectivity index (χ0) is 13.0. The van der Waals surface area contributed by atoms with Crippen LogP contribution in [0.2, 0.25) is 0 Å². The van der Waals surface area contributed by atoms with Crippen LogP contribution in [-0.4, -0.2) is 54.5 Å². The maximum absolute atomic E-state index is 11.3. The highest BCUT2D eigenvalue weighted by Gasteiger charge is 2.28. The summed E-state index contributed by atoms with van der Waals surface area (Å²) in [6, 6.07) is 0.696. The first kappa shape index (κ1) is 13.8. The lowest BCUT2D eigenvalue weighted by Gasteiger charge is -2.42. The lowest BCUT2D eigenvalue weighted by Crippen LogP contribution is -2.49. The predicted molar refractivity (Wildman–Crippen MR) is 73.2 cm³/mol. The summed E-state index contributed by atoms with van der Waals surface area (Å²) in [7, 11) is 0. The second-order valence-electron chi connectivity index (χ2n) is 5.82. The Balaban J connectivity index is 1.80. The van der Waals surface area contributed by atoms with Gasteiger partial charge in [0.15, 0.2) is 0 Å². The summed E-state index contributed by atoms with van der Waals surface area (Å²) in [5.74, 6) is 1.03. The summed E-state index contributed by atoms with van der Waals surface area (Å²) in [5.41, 5.74) is 5.67. The van der Waals surface area contributed by atoms with Gasteiger partial charge in [0.25, 0.3) is 0 Å². The molecule has 2 aliphatic heterocycles. The summed E-state index contributed by atoms with van der Waals surface area (Å²) < 4.78 is 0. The van der Waals surface area contributed by atoms with Gasteiger partial charge in [-0.3, -0.25) is 9.69 Å². The SMILES string of the molecule is CC(=O)N1CCC(N2CCCC(CCN)C2)CC1. The number of carbonyl (C=O) groups excluding carboxylic acids is 1. The van der Waals surface area contributed by atoms with Gasteiger partial charge in [-0.2, -0.15) is 0 Å². The second-order valence-corrected chi connectivity index (χ2v) is 5.82. The Morgan fingerprint density at radius 1 is 1.22 bits per heavy atom. The summed E-state index contributed by atoms with van der Waals surface area (Å²) in [6.45, 7) is 6.85. The molecule has 2 saturated heterocycles. The van der Waals surface area contributed by atoms with Crippen molar-refractivity contribution in [3.63, 3.8) is 0 Å². The topological polar surface area (TPSA) is 49.6 Å². The maximum Gasteiger partial charge on any atom is 0.219 e. The lowest BCUT2D eigenvalue weighted by molar-refractivity contribution is -0.130. The Labute approximate surface area is 110 Å². The number of piperidine rings is 2. The van der Waals surface area contributed by atoms with Crippen LogP contribution >= 0.6 is 0 Å². The van der Waals surface area contributed by atoms with Gasteiger partial charge in [-0.05, 0) is 51.1 Å². The number of carbonyl (C=O) groups is 1. The van der Waals surface area contributed by atoms with E-state index in [2.05, 4.69) is 4.90 Å². The fourth-order valence-electron chi connectivity index (χ4n) is 3.45. The zero-order valence-corrected chi connectivity index (χ0v) is 11.6. The molecule has 0 aliphatic carbocycles. The van der Waals surface area contributed by atoms with Crippen molar-refractivity contribution in [2.75, 3.05) is 32.7 Å². The van der Waals surface area contributed by atoms with E-state index in [1.807, 2.05) is 4.90 Å². The summed E-state index contributed by atoms with van der Waals surface area (Å²) in [5, 5.41) is 0. The molecular weight excluding hydrogens is 226 g/mol. The van der Waals surface area contributed by atoms with E-state index in [9.17, 15) is 4.79 Å². The Morgan fingerprint density at radius 3 is 2.56 bits per heavy atom. The monoisotopic (exact) mass is 253 g/mol. The zero-order valence-electron chi connectivity index (χ0n) is 11.6. The van der Waals surface area contributed by atoms with Crippen LogP contribution in [0, 0.1) is 5.92 Å². The molecule has 1 amide bonds. The standard InChI is InChI=1S/C14H27N3O/c1-12(18)16-9-5-14(6-10-16)17-8-2-3-13(11-17)4-7-15/h13-14H,2-11,15H2,1H3. The Morgan fingerprint density at radius 2 is 1.94 bits per heavy atom. The highest BCUT2D eigenvalue weighted by molar-refractivity contribution is 5.73. The molecule has 18 heavy (non-hydrogen) atoms. The van der Waals surface area contributed by atoms with Crippen LogP contribution < -0.4 is 5.73 Å². The van der Waals surface area contributed by atoms with E-state index in [1.54, 1.807) is 6.92 Å². The lowest BCUT2D eigenvalue weighted by atomic mass is 9.92. The van der Waals surface area contributed by atoms with Crippen molar-refractivity contribution < 1.29 is 4.79 Å². The van der Waals surface area contributed by atoms with E-state index >= 15 is 0 Å². The Kier molecular flexibility index (Phi) is 5.01. The number of rotatable bonds is 3. The Bertz CT molecular complexity index is 272. The first-order chi connectivity index (χ1) is 8.70. The summed E-state index contributed by atoms with van der Waals surface area (Å²) >= 11 is 0. The maximum atomic E-state index is 11.3. The molecule has 0 aromatic carbocycles. The molecule has 2 aliphatic rings. The van der Waals surface area contributed by atoms with E-state index in [1.165, 1.54) is 32.4 Å². The fourth-order valence-corrected chi connectivity index (χ4v) is 3.45. The van der Waals surface area contributed by atoms with E-state index in [0.717, 1.165) is 38.4 Å². The number of nitrogens with zero attached hydrogens (tertiary/aromatic N) is 2. The first-order valence-corrected chi connectivity index (χ1v) is 7.40. The third kappa shape index (κ3) is 3.45. The van der Waals surface area contributed by atoms with E-state index < -0.39 is 0 Å². The Hall–Kier alpha value is -0.610. The highest BCUT2D eigenvalue weighted by atomic mass is 16.2. The number of likely N-dealkylation sites (tertiary alicyclic amines) is 2. The van der Waals surface area contributed by atoms with Crippen molar-refractivity contribution in [2.45, 2.75) is 45.1 Å². The molecule has 0 saturated carbocycles. The van der Waals surface area contributed by atoms with Gasteiger partial charge in [0.1, 0.15) is 0 Å². The average Bonchev–Trinajstić information content (AvgIpc) is 2.39. The van der Waals surface area contributed by atoms with Crippen LogP contribution in [0.4, 0.5) is 0 Å². The minimum atomic E-state index is 0.230. The average molecular weight is 253 g/mol. The summed E-state index contributed by atoms with van der Waals surface area (Å²) in [4.78, 5) is 16.0. The molecule has 104 valence electrons. The molecule has 0 aromatic rings. The molecule has 2 heterocycles. The van der Waals surface area contributed by atoms with Crippen molar-refractivity contribution in [3.05, 3.63) is 0 Å². The predicted octanol–water partition coefficient (Wildman–Crippen LogP) is 1.06. The molecule has 1 unspecified atom stereocenters. The largest absolute Gasteiger partial charge is 0.343 e. The van der Waals surface area contributed by atoms with Crippen LogP contribution in [0.15, 0.2) is 0 Å². The van der Waals surface area contributed by atoms with Crippen molar-refractivity contribution in [1.82, 2.24) is 9.80 Å². The second kappa shape index (κ2) is 6.53. The van der Waals surface area contributed by atoms with Gasteiger partial charge in [0.05, 0.1) is 0 Å². The van der Waals surface area contributed by atoms with Crippen LogP contribution in [0.25, 0.3) is 0 Å². The van der Waals surface area contributed by atoms with E-state index in [4.69, 9.17) is 5.73 Å². The van der Waals surface area contributed by atoms with Gasteiger partial charge in [0.2, 0.25) is 5.91 Å². The fraction of sp³-hybridized carbons (Fsp3) is 0.929. The molecule has 0 bridgehead atoms. The van der Waals surface area contributed by atoms with Crippen molar-refractivity contribution in [1.29, 1.82) is 0 Å². The van der Waals surface area contributed by atoms with Crippen LogP contribution in [0.3, 0.4) is 0 Å². The number of hydrogen-bond donors (Lipinski definition) is 1. The molecule has 1 atom stereocenters. The van der Waals surface area contributed by atoms with Gasteiger partial charge in [0, 0.05) is 32.6 Å². The minimum Gasteiger partial charge on any atom is -0.343 e. The molecule has 2 fully saturated rings. The third-order valence-corrected chi connectivity index (χ3v) is 4.55. The van der Waals surface area contributed by atoms with Crippen LogP contribution in [0.1, 0.15) is 39.0 Å². The van der Waals surface area contributed by atoms with Crippen molar-refractivity contribution >= 4 is 5.91 Å². The molecule has 0 spiro atoms. The van der Waals surface area contributed by atoms with Crippen molar-refractivity contribution in [2.24, 2.45) is 11.7 Å². The van der Waals surface area contributed by atoms with Crippen LogP contribution in [0.5, 0.6) is 0 Å². The summed E-state index contributed by atoms with van der Waals surface area (Å²) in [6.07, 6.45) is 6.13. The number of nitrogens with two attached hydrogens (primary N) is 1. The smallest absolute Gasteiger partial charge is 0.219 e. The van der Waals surface area contributed by atoms with E-state index in [0.29, 0.717) is 6.04 Å². The number of amides is 1. The van der Waals surface area contributed by atoms with Gasteiger partial charge in [-0.25, -0.2) is 0 Å². The van der Waals surface area contributed by atoms with Gasteiger partial charge < -0.3 is 10.6 Å². The van der Waals surface area contributed by atoms with Gasteiger partial charge >= 0.3 is 0 Å². The third-order valence-electron chi connectivity index (χ3n) is 4.55. The number of hydrogen-bond acceptors (Lipinski definition) is 3. The highest BCUT2D eigenvalue weighted by Crippen LogP contribution is 2.25. The molecule has 4 heteroatoms. The van der Waals surface area contributed by atoms with Crippen LogP contribution in [-0.2, 0) is 4.79 Å². The van der Waals surface area contributed by atoms with E-state index in [-0.39, 0.29) is 5.91 Å². The molecule has 0 aromatic heterocycles. The quantitative estimate of drug-likeness (QED) is 0.818. The molecule has 2 N–H and O–H groups in total. The minimum absolute atomic E-state index is 0.230. The van der Waals surface area contributed by atoms with Crippen molar-refractivity contribution in [3.8, 4) is 0 Å². The normalized spacial score (nSPS) is 27.4. The molecular formula is C14H27N3O. The molecule has 0 radical (unpaired) electrons. The van der Waals surface area contributed by atoms with Gasteiger partial charge in [-0.15, -0.1) is 0 Å². The molecule has 2 rings (SSSR count). The molecule has 4 nitrogen and oxygen atoms in total. The first-order valence-electron chi connectivity index (χ1n) is 7.40.